The third-order valence-electron chi connectivity index (χ3n) is 5.73. The van der Waals surface area contributed by atoms with Crippen LogP contribution < -0.4 is 10.6 Å². The van der Waals surface area contributed by atoms with E-state index in [1.54, 1.807) is 0 Å². The number of rotatable bonds is 3. The van der Waals surface area contributed by atoms with Gasteiger partial charge in [0.1, 0.15) is 0 Å². The number of hydrogen-bond acceptors (Lipinski definition) is 2. The number of amides is 1. The second kappa shape index (κ2) is 5.82. The number of carbonyl (C=O) groups excluding carboxylic acids is 1. The Morgan fingerprint density at radius 3 is 2.74 bits per heavy atom. The largest absolute Gasteiger partial charge is 0.354 e. The Morgan fingerprint density at radius 2 is 1.95 bits per heavy atom. The van der Waals surface area contributed by atoms with Crippen molar-refractivity contribution in [3.05, 3.63) is 0 Å². The zero-order valence-electron chi connectivity index (χ0n) is 12.2. The molecular formula is C16H28N2O. The molecule has 3 aliphatic rings. The van der Waals surface area contributed by atoms with E-state index in [0.29, 0.717) is 5.92 Å². The molecule has 3 atom stereocenters. The molecule has 3 fully saturated rings. The van der Waals surface area contributed by atoms with Crippen LogP contribution >= 0.6 is 0 Å². The predicted molar refractivity (Wildman–Crippen MR) is 76.8 cm³/mol. The van der Waals surface area contributed by atoms with Gasteiger partial charge in [-0.25, -0.2) is 0 Å². The highest BCUT2D eigenvalue weighted by Gasteiger charge is 2.42. The number of fused-ring (bicyclic) bond motifs is 1. The van der Waals surface area contributed by atoms with Gasteiger partial charge in [-0.05, 0) is 55.9 Å². The van der Waals surface area contributed by atoms with E-state index in [9.17, 15) is 4.79 Å². The Bertz CT molecular complexity index is 323. The molecule has 3 heteroatoms. The molecule has 2 aliphatic carbocycles. The summed E-state index contributed by atoms with van der Waals surface area (Å²) in [4.78, 5) is 12.3. The highest BCUT2D eigenvalue weighted by molar-refractivity contribution is 5.82. The molecule has 0 aromatic heterocycles. The minimum atomic E-state index is 0.106. The average molecular weight is 264 g/mol. The molecule has 1 saturated heterocycles. The van der Waals surface area contributed by atoms with Crippen LogP contribution in [0.5, 0.6) is 0 Å². The molecule has 3 unspecified atom stereocenters. The monoisotopic (exact) mass is 264 g/mol. The summed E-state index contributed by atoms with van der Waals surface area (Å²) < 4.78 is 0. The fourth-order valence-electron chi connectivity index (χ4n) is 4.36. The molecule has 0 aromatic carbocycles. The Balaban J connectivity index is 1.44. The average Bonchev–Trinajstić information content (AvgIpc) is 3.00. The van der Waals surface area contributed by atoms with Gasteiger partial charge in [0.15, 0.2) is 0 Å². The maximum atomic E-state index is 12.3. The molecular weight excluding hydrogens is 236 g/mol. The van der Waals surface area contributed by atoms with E-state index in [1.165, 1.54) is 44.9 Å². The first kappa shape index (κ1) is 13.4. The van der Waals surface area contributed by atoms with Crippen molar-refractivity contribution >= 4 is 5.91 Å². The van der Waals surface area contributed by atoms with Crippen LogP contribution in [0.4, 0.5) is 0 Å². The van der Waals surface area contributed by atoms with E-state index in [4.69, 9.17) is 0 Å². The molecule has 1 heterocycles. The van der Waals surface area contributed by atoms with Crippen LogP contribution in [0.3, 0.4) is 0 Å². The van der Waals surface area contributed by atoms with Crippen LogP contribution in [0.2, 0.25) is 0 Å². The number of carbonyl (C=O) groups is 1. The van der Waals surface area contributed by atoms with Gasteiger partial charge in [0, 0.05) is 6.54 Å². The van der Waals surface area contributed by atoms with Crippen LogP contribution in [0, 0.1) is 23.7 Å². The maximum Gasteiger partial charge on any atom is 0.237 e. The van der Waals surface area contributed by atoms with E-state index in [-0.39, 0.29) is 11.9 Å². The lowest BCUT2D eigenvalue weighted by Gasteiger charge is -2.27. The van der Waals surface area contributed by atoms with Gasteiger partial charge in [0.25, 0.3) is 0 Å². The third kappa shape index (κ3) is 2.96. The van der Waals surface area contributed by atoms with E-state index >= 15 is 0 Å². The van der Waals surface area contributed by atoms with Gasteiger partial charge in [-0.1, -0.05) is 26.2 Å². The highest BCUT2D eigenvalue weighted by Crippen LogP contribution is 2.37. The molecule has 0 spiro atoms. The molecule has 0 bridgehead atoms. The first-order valence-electron chi connectivity index (χ1n) is 8.25. The topological polar surface area (TPSA) is 41.1 Å². The minimum Gasteiger partial charge on any atom is -0.354 e. The zero-order valence-corrected chi connectivity index (χ0v) is 12.2. The predicted octanol–water partition coefficient (Wildman–Crippen LogP) is 2.32. The lowest BCUT2D eigenvalue weighted by molar-refractivity contribution is -0.124. The molecule has 0 radical (unpaired) electrons. The smallest absolute Gasteiger partial charge is 0.237 e. The van der Waals surface area contributed by atoms with Crippen molar-refractivity contribution in [1.29, 1.82) is 0 Å². The van der Waals surface area contributed by atoms with Gasteiger partial charge in [0.05, 0.1) is 6.04 Å². The third-order valence-corrected chi connectivity index (χ3v) is 5.73. The Kier molecular flexibility index (Phi) is 4.11. The van der Waals surface area contributed by atoms with Crippen molar-refractivity contribution in [3.8, 4) is 0 Å². The molecule has 0 aromatic rings. The molecule has 3 nitrogen and oxygen atoms in total. The molecule has 2 N–H and O–H groups in total. The molecule has 1 aliphatic heterocycles. The Morgan fingerprint density at radius 1 is 1.16 bits per heavy atom. The minimum absolute atomic E-state index is 0.106. The van der Waals surface area contributed by atoms with Crippen molar-refractivity contribution < 1.29 is 4.79 Å². The Labute approximate surface area is 116 Å². The van der Waals surface area contributed by atoms with Crippen LogP contribution in [0.25, 0.3) is 0 Å². The second-order valence-electron chi connectivity index (χ2n) is 7.11. The van der Waals surface area contributed by atoms with E-state index in [1.807, 2.05) is 0 Å². The fourth-order valence-corrected chi connectivity index (χ4v) is 4.36. The number of hydrogen-bond donors (Lipinski definition) is 2. The summed E-state index contributed by atoms with van der Waals surface area (Å²) in [5.74, 6) is 3.27. The van der Waals surface area contributed by atoms with Crippen LogP contribution in [0.15, 0.2) is 0 Å². The van der Waals surface area contributed by atoms with Crippen molar-refractivity contribution in [3.63, 3.8) is 0 Å². The lowest BCUT2D eigenvalue weighted by Crippen LogP contribution is -2.45. The summed E-state index contributed by atoms with van der Waals surface area (Å²) >= 11 is 0. The molecule has 2 saturated carbocycles. The first-order chi connectivity index (χ1) is 9.24. The molecule has 1 amide bonds. The summed E-state index contributed by atoms with van der Waals surface area (Å²) in [6, 6.07) is 0.106. The van der Waals surface area contributed by atoms with Gasteiger partial charge in [0.2, 0.25) is 5.91 Å². The molecule has 3 rings (SSSR count). The van der Waals surface area contributed by atoms with Crippen LogP contribution in [-0.2, 0) is 4.79 Å². The van der Waals surface area contributed by atoms with Crippen molar-refractivity contribution in [1.82, 2.24) is 10.6 Å². The quantitative estimate of drug-likeness (QED) is 0.821. The first-order valence-corrected chi connectivity index (χ1v) is 8.25. The standard InChI is InChI=1S/C16H28N2O/c1-11-5-7-12(8-6-11)9-18-16(19)15-14-4-2-3-13(14)10-17-15/h11-15,17H,2-10H2,1H3,(H,18,19). The normalized spacial score (nSPS) is 42.1. The van der Waals surface area contributed by atoms with Crippen molar-refractivity contribution in [2.75, 3.05) is 13.1 Å². The van der Waals surface area contributed by atoms with Gasteiger partial charge >= 0.3 is 0 Å². The van der Waals surface area contributed by atoms with Gasteiger partial charge < -0.3 is 10.6 Å². The molecule has 108 valence electrons. The summed E-state index contributed by atoms with van der Waals surface area (Å²) in [6.07, 6.45) is 9.16. The van der Waals surface area contributed by atoms with E-state index in [2.05, 4.69) is 17.6 Å². The maximum absolute atomic E-state index is 12.3. The van der Waals surface area contributed by atoms with Gasteiger partial charge in [-0.3, -0.25) is 4.79 Å². The fraction of sp³-hybridized carbons (Fsp3) is 0.938. The van der Waals surface area contributed by atoms with Crippen LogP contribution in [-0.4, -0.2) is 25.0 Å². The van der Waals surface area contributed by atoms with Crippen molar-refractivity contribution in [2.45, 2.75) is 57.9 Å². The summed E-state index contributed by atoms with van der Waals surface area (Å²) in [5.41, 5.74) is 0. The lowest BCUT2D eigenvalue weighted by atomic mass is 9.83. The van der Waals surface area contributed by atoms with Crippen molar-refractivity contribution in [2.24, 2.45) is 23.7 Å². The zero-order chi connectivity index (χ0) is 13.2. The Hall–Kier alpha value is -0.570. The SMILES string of the molecule is CC1CCC(CNC(=O)C2NCC3CCCC32)CC1. The highest BCUT2D eigenvalue weighted by atomic mass is 16.2. The van der Waals surface area contributed by atoms with Gasteiger partial charge in [-0.15, -0.1) is 0 Å². The summed E-state index contributed by atoms with van der Waals surface area (Å²) in [5, 5.41) is 6.66. The van der Waals surface area contributed by atoms with E-state index in [0.717, 1.165) is 30.8 Å². The van der Waals surface area contributed by atoms with Gasteiger partial charge in [-0.2, -0.15) is 0 Å². The summed E-state index contributed by atoms with van der Waals surface area (Å²) in [7, 11) is 0. The van der Waals surface area contributed by atoms with E-state index < -0.39 is 0 Å². The number of nitrogens with one attached hydrogen (secondary N) is 2. The van der Waals surface area contributed by atoms with Crippen LogP contribution in [0.1, 0.15) is 51.9 Å². The summed E-state index contributed by atoms with van der Waals surface area (Å²) in [6.45, 7) is 4.31. The molecule has 19 heavy (non-hydrogen) atoms. The second-order valence-corrected chi connectivity index (χ2v) is 7.11.